The van der Waals surface area contributed by atoms with E-state index in [0.717, 1.165) is 0 Å². The first kappa shape index (κ1) is 20.8. The van der Waals surface area contributed by atoms with Crippen LogP contribution in [0.1, 0.15) is 5.56 Å². The van der Waals surface area contributed by atoms with Gasteiger partial charge in [-0.15, -0.1) is 0 Å². The Labute approximate surface area is 180 Å². The molecule has 0 fully saturated rings. The van der Waals surface area contributed by atoms with E-state index in [0.29, 0.717) is 38.7 Å². The molecule has 8 nitrogen and oxygen atoms in total. The molecule has 2 heterocycles. The number of fused-ring (bicyclic) bond motifs is 1. The van der Waals surface area contributed by atoms with E-state index in [4.69, 9.17) is 18.7 Å². The summed E-state index contributed by atoms with van der Waals surface area (Å²) >= 11 is 1.20. The van der Waals surface area contributed by atoms with Crippen LogP contribution in [0.15, 0.2) is 58.2 Å². The van der Waals surface area contributed by atoms with Crippen molar-refractivity contribution in [3.63, 3.8) is 0 Å². The molecule has 162 valence electrons. The van der Waals surface area contributed by atoms with Gasteiger partial charge in [-0.05, 0) is 42.3 Å². The van der Waals surface area contributed by atoms with Crippen molar-refractivity contribution < 1.29 is 27.5 Å². The minimum atomic E-state index is -2.97. The number of rotatable bonds is 9. The Morgan fingerprint density at radius 2 is 1.90 bits per heavy atom. The topological polar surface area (TPSA) is 83.6 Å². The zero-order chi connectivity index (χ0) is 21.8. The summed E-state index contributed by atoms with van der Waals surface area (Å²) in [4.78, 5) is 0.697. The monoisotopic (exact) mass is 448 g/mol. The summed E-state index contributed by atoms with van der Waals surface area (Å²) in [6.07, 6.45) is 3.33. The number of benzene rings is 2. The molecule has 0 saturated carbocycles. The number of aromatic nitrogens is 3. The predicted octanol–water partition coefficient (Wildman–Crippen LogP) is 4.81. The molecule has 31 heavy (non-hydrogen) atoms. The van der Waals surface area contributed by atoms with Gasteiger partial charge in [-0.25, -0.2) is 0 Å². The Bertz CT molecular complexity index is 1150. The standard InChI is InChI=1S/C20H18F2N4O4S/c1-27-14-5-3-6-15(28-2)18(14)31-25-19-13-10-16(29-20(21)22)12(9-17(13)30-24-19)11-26-8-4-7-23-26/h3-10,20H,11H2,1-2H3,(H,24,25). The molecule has 0 aliphatic heterocycles. The van der Waals surface area contributed by atoms with Gasteiger partial charge in [-0.1, -0.05) is 11.2 Å². The fourth-order valence-corrected chi connectivity index (χ4v) is 3.85. The van der Waals surface area contributed by atoms with Crippen LogP contribution < -0.4 is 18.9 Å². The van der Waals surface area contributed by atoms with Crippen molar-refractivity contribution in [2.24, 2.45) is 0 Å². The highest BCUT2D eigenvalue weighted by atomic mass is 32.2. The number of hydrogen-bond acceptors (Lipinski definition) is 8. The predicted molar refractivity (Wildman–Crippen MR) is 111 cm³/mol. The van der Waals surface area contributed by atoms with E-state index in [-0.39, 0.29) is 12.3 Å². The minimum absolute atomic E-state index is 0.0177. The fraction of sp³-hybridized carbons (Fsp3) is 0.200. The third kappa shape index (κ3) is 4.50. The number of nitrogens with one attached hydrogen (secondary N) is 1. The van der Waals surface area contributed by atoms with Crippen LogP contribution in [0.2, 0.25) is 0 Å². The van der Waals surface area contributed by atoms with Gasteiger partial charge in [0.05, 0.1) is 26.2 Å². The van der Waals surface area contributed by atoms with Crippen LogP contribution in [0.3, 0.4) is 0 Å². The van der Waals surface area contributed by atoms with Gasteiger partial charge in [0.15, 0.2) is 11.4 Å². The number of nitrogens with zero attached hydrogens (tertiary/aromatic N) is 3. The molecular formula is C20H18F2N4O4S. The van der Waals surface area contributed by atoms with Gasteiger partial charge >= 0.3 is 6.61 Å². The van der Waals surface area contributed by atoms with Gasteiger partial charge in [-0.3, -0.25) is 4.68 Å². The van der Waals surface area contributed by atoms with E-state index in [1.54, 1.807) is 55.6 Å². The molecule has 0 aliphatic rings. The van der Waals surface area contributed by atoms with Gasteiger partial charge in [0, 0.05) is 18.0 Å². The third-order valence-electron chi connectivity index (χ3n) is 4.39. The molecule has 0 atom stereocenters. The molecule has 2 aromatic carbocycles. The van der Waals surface area contributed by atoms with Gasteiger partial charge in [0.1, 0.15) is 22.1 Å². The van der Waals surface area contributed by atoms with Crippen molar-refractivity contribution in [2.75, 3.05) is 18.9 Å². The quantitative estimate of drug-likeness (QED) is 0.365. The molecule has 1 N–H and O–H groups in total. The number of alkyl halides is 2. The summed E-state index contributed by atoms with van der Waals surface area (Å²) in [6, 6.07) is 10.2. The molecule has 0 bridgehead atoms. The van der Waals surface area contributed by atoms with Gasteiger partial charge in [-0.2, -0.15) is 13.9 Å². The third-order valence-corrected chi connectivity index (χ3v) is 5.29. The van der Waals surface area contributed by atoms with E-state index >= 15 is 0 Å². The van der Waals surface area contributed by atoms with Crippen LogP contribution in [-0.2, 0) is 6.54 Å². The lowest BCUT2D eigenvalue weighted by Crippen LogP contribution is -2.07. The van der Waals surface area contributed by atoms with Crippen molar-refractivity contribution in [3.05, 3.63) is 54.4 Å². The second-order valence-corrected chi connectivity index (χ2v) is 7.08. The van der Waals surface area contributed by atoms with Crippen molar-refractivity contribution in [1.82, 2.24) is 14.9 Å². The highest BCUT2D eigenvalue weighted by Crippen LogP contribution is 2.39. The average Bonchev–Trinajstić information content (AvgIpc) is 3.41. The second-order valence-electron chi connectivity index (χ2n) is 6.27. The van der Waals surface area contributed by atoms with Gasteiger partial charge < -0.3 is 23.5 Å². The largest absolute Gasteiger partial charge is 0.495 e. The van der Waals surface area contributed by atoms with E-state index in [1.807, 2.05) is 6.07 Å². The summed E-state index contributed by atoms with van der Waals surface area (Å²) in [5.41, 5.74) is 0.900. The number of halogens is 2. The summed E-state index contributed by atoms with van der Waals surface area (Å²) in [5.74, 6) is 1.57. The Morgan fingerprint density at radius 3 is 2.55 bits per heavy atom. The summed E-state index contributed by atoms with van der Waals surface area (Å²) < 4.78 is 51.6. The van der Waals surface area contributed by atoms with Gasteiger partial charge in [0.25, 0.3) is 0 Å². The Kier molecular flexibility index (Phi) is 6.12. The highest BCUT2D eigenvalue weighted by molar-refractivity contribution is 8.00. The lowest BCUT2D eigenvalue weighted by atomic mass is 10.1. The molecule has 11 heteroatoms. The Morgan fingerprint density at radius 1 is 1.13 bits per heavy atom. The molecule has 0 spiro atoms. The van der Waals surface area contributed by atoms with Crippen LogP contribution in [-0.4, -0.2) is 35.8 Å². The second kappa shape index (κ2) is 9.13. The van der Waals surface area contributed by atoms with Crippen molar-refractivity contribution >= 4 is 28.7 Å². The molecule has 4 rings (SSSR count). The minimum Gasteiger partial charge on any atom is -0.495 e. The lowest BCUT2D eigenvalue weighted by molar-refractivity contribution is -0.0504. The first-order chi connectivity index (χ1) is 15.1. The van der Waals surface area contributed by atoms with E-state index < -0.39 is 6.61 Å². The number of anilines is 1. The SMILES string of the molecule is COc1cccc(OC)c1SNc1noc2cc(Cn3cccn3)c(OC(F)F)cc12. The number of methoxy groups -OCH3 is 2. The molecule has 2 aromatic heterocycles. The Hall–Kier alpha value is -3.47. The maximum atomic E-state index is 13.0. The first-order valence-electron chi connectivity index (χ1n) is 9.07. The van der Waals surface area contributed by atoms with Crippen LogP contribution in [0.25, 0.3) is 11.0 Å². The molecular weight excluding hydrogens is 430 g/mol. The normalized spacial score (nSPS) is 11.1. The summed E-state index contributed by atoms with van der Waals surface area (Å²) in [6.45, 7) is -2.74. The average molecular weight is 448 g/mol. The van der Waals surface area contributed by atoms with Crippen molar-refractivity contribution in [3.8, 4) is 17.2 Å². The maximum Gasteiger partial charge on any atom is 0.387 e. The summed E-state index contributed by atoms with van der Waals surface area (Å²) in [5, 5.41) is 8.61. The molecule has 0 amide bonds. The number of ether oxygens (including phenoxy) is 3. The van der Waals surface area contributed by atoms with Crippen LogP contribution >= 0.6 is 11.9 Å². The first-order valence-corrected chi connectivity index (χ1v) is 9.89. The molecule has 0 unspecified atom stereocenters. The van der Waals surface area contributed by atoms with Crippen LogP contribution in [0.5, 0.6) is 17.2 Å². The summed E-state index contributed by atoms with van der Waals surface area (Å²) in [7, 11) is 3.11. The lowest BCUT2D eigenvalue weighted by Gasteiger charge is -2.13. The zero-order valence-corrected chi connectivity index (χ0v) is 17.4. The number of hydrogen-bond donors (Lipinski definition) is 1. The molecule has 0 radical (unpaired) electrons. The molecule has 0 saturated heterocycles. The smallest absolute Gasteiger partial charge is 0.387 e. The van der Waals surface area contributed by atoms with Crippen LogP contribution in [0.4, 0.5) is 14.6 Å². The van der Waals surface area contributed by atoms with Crippen LogP contribution in [0, 0.1) is 0 Å². The molecule has 4 aromatic rings. The van der Waals surface area contributed by atoms with E-state index in [2.05, 4.69) is 15.0 Å². The van der Waals surface area contributed by atoms with Gasteiger partial charge in [0.2, 0.25) is 0 Å². The fourth-order valence-electron chi connectivity index (χ4n) is 3.00. The molecule has 0 aliphatic carbocycles. The maximum absolute atomic E-state index is 13.0. The zero-order valence-electron chi connectivity index (χ0n) is 16.5. The highest BCUT2D eigenvalue weighted by Gasteiger charge is 2.18. The Balaban J connectivity index is 1.65. The van der Waals surface area contributed by atoms with Crippen molar-refractivity contribution in [2.45, 2.75) is 18.1 Å². The van der Waals surface area contributed by atoms with E-state index in [9.17, 15) is 8.78 Å². The van der Waals surface area contributed by atoms with E-state index in [1.165, 1.54) is 18.0 Å². The van der Waals surface area contributed by atoms with Crippen molar-refractivity contribution in [1.29, 1.82) is 0 Å².